The average Bonchev–Trinajstić information content (AvgIpc) is 3.25. The number of rotatable bonds is 5. The van der Waals surface area contributed by atoms with Gasteiger partial charge in [-0.2, -0.15) is 0 Å². The number of ether oxygens (including phenoxy) is 1. The number of phenols is 1. The minimum Gasteiger partial charge on any atom is -0.506 e. The van der Waals surface area contributed by atoms with Crippen molar-refractivity contribution >= 4 is 17.9 Å². The summed E-state index contributed by atoms with van der Waals surface area (Å²) in [5.74, 6) is 0.371. The van der Waals surface area contributed by atoms with E-state index in [2.05, 4.69) is 10.1 Å². The molecule has 0 radical (unpaired) electrons. The van der Waals surface area contributed by atoms with Gasteiger partial charge in [0.05, 0.1) is 0 Å². The fourth-order valence-corrected chi connectivity index (χ4v) is 2.61. The summed E-state index contributed by atoms with van der Waals surface area (Å²) in [7, 11) is 0. The number of carbonyl (C=O) groups is 1. The Balaban J connectivity index is 1.42. The van der Waals surface area contributed by atoms with Gasteiger partial charge in [-0.05, 0) is 42.0 Å². The molecule has 4 aromatic rings. The molecule has 0 aliphatic heterocycles. The summed E-state index contributed by atoms with van der Waals surface area (Å²) in [5, 5.41) is 13.5. The molecular weight excluding hydrogens is 368 g/mol. The number of phenolic OH excluding ortho intramolecular Hbond substituents is 1. The molecule has 0 bridgehead atoms. The minimum absolute atomic E-state index is 0.0917. The van der Waals surface area contributed by atoms with Crippen molar-refractivity contribution in [2.45, 2.75) is 0 Å². The minimum atomic E-state index is -0.605. The fourth-order valence-electron chi connectivity index (χ4n) is 2.61. The molecule has 0 saturated carbocycles. The van der Waals surface area contributed by atoms with Gasteiger partial charge in [0.1, 0.15) is 17.2 Å². The van der Waals surface area contributed by atoms with Gasteiger partial charge in [-0.1, -0.05) is 47.6 Å². The van der Waals surface area contributed by atoms with Crippen LogP contribution in [-0.2, 0) is 0 Å². The first kappa shape index (κ1) is 18.2. The third-order valence-corrected chi connectivity index (χ3v) is 4.10. The van der Waals surface area contributed by atoms with E-state index in [9.17, 15) is 9.90 Å². The first-order valence-electron chi connectivity index (χ1n) is 8.85. The number of aromatic hydroxyl groups is 1. The summed E-state index contributed by atoms with van der Waals surface area (Å²) < 4.78 is 10.6. The first-order valence-corrected chi connectivity index (χ1v) is 8.85. The number of hydrogen-bond acceptors (Lipinski definition) is 6. The molecule has 0 unspecified atom stereocenters. The van der Waals surface area contributed by atoms with E-state index in [4.69, 9.17) is 9.26 Å². The van der Waals surface area contributed by atoms with Crippen molar-refractivity contribution in [3.63, 3.8) is 0 Å². The molecule has 0 aliphatic carbocycles. The molecule has 142 valence electrons. The standard InChI is InChI=1S/C23H16N2O4/c26-21-9-5-4-8-19(21)24-15-16-10-12-18(13-11-16)28-23(27)20-14-22(29-25-20)17-6-2-1-3-7-17/h1-15,26H. The van der Waals surface area contributed by atoms with Crippen LogP contribution in [0.15, 0.2) is 94.4 Å². The van der Waals surface area contributed by atoms with Crippen molar-refractivity contribution in [1.82, 2.24) is 5.16 Å². The molecule has 3 aromatic carbocycles. The summed E-state index contributed by atoms with van der Waals surface area (Å²) in [6, 6.07) is 24.6. The quantitative estimate of drug-likeness (QED) is 0.297. The highest BCUT2D eigenvalue weighted by Gasteiger charge is 2.15. The predicted molar refractivity (Wildman–Crippen MR) is 109 cm³/mol. The maximum absolute atomic E-state index is 12.3. The highest BCUT2D eigenvalue weighted by atomic mass is 16.5. The Bertz CT molecular complexity index is 1150. The number of hydrogen-bond donors (Lipinski definition) is 1. The zero-order valence-corrected chi connectivity index (χ0v) is 15.2. The van der Waals surface area contributed by atoms with E-state index in [1.165, 1.54) is 0 Å². The van der Waals surface area contributed by atoms with E-state index in [0.29, 0.717) is 17.2 Å². The van der Waals surface area contributed by atoms with E-state index in [-0.39, 0.29) is 11.4 Å². The Morgan fingerprint density at radius 1 is 0.966 bits per heavy atom. The summed E-state index contributed by atoms with van der Waals surface area (Å²) in [5.41, 5.74) is 2.19. The van der Waals surface area contributed by atoms with E-state index in [0.717, 1.165) is 11.1 Å². The number of esters is 1. The van der Waals surface area contributed by atoms with E-state index < -0.39 is 5.97 Å². The smallest absolute Gasteiger partial charge is 0.365 e. The van der Waals surface area contributed by atoms with Crippen molar-refractivity contribution in [3.05, 3.63) is 96.2 Å². The molecule has 4 rings (SSSR count). The SMILES string of the molecule is O=C(Oc1ccc(C=Nc2ccccc2O)cc1)c1cc(-c2ccccc2)on1. The Labute approximate surface area is 166 Å². The highest BCUT2D eigenvalue weighted by Crippen LogP contribution is 2.25. The monoisotopic (exact) mass is 384 g/mol. The summed E-state index contributed by atoms with van der Waals surface area (Å²) >= 11 is 0. The topological polar surface area (TPSA) is 84.9 Å². The number of benzene rings is 3. The average molecular weight is 384 g/mol. The van der Waals surface area contributed by atoms with Crippen LogP contribution in [0.5, 0.6) is 11.5 Å². The number of carbonyl (C=O) groups excluding carboxylic acids is 1. The Kier molecular flexibility index (Phi) is 5.16. The zero-order chi connectivity index (χ0) is 20.1. The van der Waals surface area contributed by atoms with Crippen LogP contribution in [0.25, 0.3) is 11.3 Å². The van der Waals surface area contributed by atoms with Gasteiger partial charge in [-0.25, -0.2) is 4.79 Å². The number of para-hydroxylation sites is 2. The van der Waals surface area contributed by atoms with Crippen molar-refractivity contribution in [1.29, 1.82) is 0 Å². The lowest BCUT2D eigenvalue weighted by Gasteiger charge is -2.02. The summed E-state index contributed by atoms with van der Waals surface area (Å²) in [4.78, 5) is 16.5. The van der Waals surface area contributed by atoms with Crippen LogP contribution in [0, 0.1) is 0 Å². The number of nitrogens with zero attached hydrogens (tertiary/aromatic N) is 2. The van der Waals surface area contributed by atoms with Crippen LogP contribution >= 0.6 is 0 Å². The molecule has 1 N–H and O–H groups in total. The van der Waals surface area contributed by atoms with E-state index >= 15 is 0 Å². The predicted octanol–water partition coefficient (Wildman–Crippen LogP) is 5.02. The molecule has 1 aromatic heterocycles. The van der Waals surface area contributed by atoms with E-state index in [1.54, 1.807) is 60.8 Å². The van der Waals surface area contributed by atoms with Crippen LogP contribution in [0.4, 0.5) is 5.69 Å². The second-order valence-corrected chi connectivity index (χ2v) is 6.15. The molecule has 0 aliphatic rings. The largest absolute Gasteiger partial charge is 0.506 e. The van der Waals surface area contributed by atoms with E-state index in [1.807, 2.05) is 30.3 Å². The summed E-state index contributed by atoms with van der Waals surface area (Å²) in [6.07, 6.45) is 1.62. The maximum Gasteiger partial charge on any atom is 0.365 e. The number of aliphatic imine (C=N–C) groups is 1. The van der Waals surface area contributed by atoms with Gasteiger partial charge in [-0.15, -0.1) is 0 Å². The van der Waals surface area contributed by atoms with Crippen LogP contribution < -0.4 is 4.74 Å². The van der Waals surface area contributed by atoms with Gasteiger partial charge >= 0.3 is 5.97 Å². The highest BCUT2D eigenvalue weighted by molar-refractivity contribution is 5.90. The Hall–Kier alpha value is -4.19. The molecule has 1 heterocycles. The van der Waals surface area contributed by atoms with Crippen molar-refractivity contribution in [2.75, 3.05) is 0 Å². The first-order chi connectivity index (χ1) is 14.2. The molecule has 0 spiro atoms. The van der Waals surface area contributed by atoms with Crippen molar-refractivity contribution < 1.29 is 19.2 Å². The van der Waals surface area contributed by atoms with Gasteiger partial charge in [0.2, 0.25) is 0 Å². The van der Waals surface area contributed by atoms with Gasteiger partial charge in [0, 0.05) is 17.8 Å². The second-order valence-electron chi connectivity index (χ2n) is 6.15. The molecule has 6 nitrogen and oxygen atoms in total. The lowest BCUT2D eigenvalue weighted by atomic mass is 10.2. The van der Waals surface area contributed by atoms with Gasteiger partial charge in [0.25, 0.3) is 0 Å². The molecule has 0 saturated heterocycles. The zero-order valence-electron chi connectivity index (χ0n) is 15.2. The summed E-state index contributed by atoms with van der Waals surface area (Å²) in [6.45, 7) is 0. The molecule has 0 fully saturated rings. The molecule has 29 heavy (non-hydrogen) atoms. The van der Waals surface area contributed by atoms with Crippen LogP contribution in [-0.4, -0.2) is 22.4 Å². The molecule has 6 heteroatoms. The Morgan fingerprint density at radius 3 is 2.45 bits per heavy atom. The second kappa shape index (κ2) is 8.22. The lowest BCUT2D eigenvalue weighted by molar-refractivity contribution is 0.0724. The molecular formula is C23H16N2O4. The van der Waals surface area contributed by atoms with Gasteiger partial charge in [-0.3, -0.25) is 4.99 Å². The fraction of sp³-hybridized carbons (Fsp3) is 0. The van der Waals surface area contributed by atoms with Crippen LogP contribution in [0.3, 0.4) is 0 Å². The number of aromatic nitrogens is 1. The molecule has 0 atom stereocenters. The normalized spacial score (nSPS) is 10.9. The Morgan fingerprint density at radius 2 is 1.69 bits per heavy atom. The van der Waals surface area contributed by atoms with Crippen molar-refractivity contribution in [2.24, 2.45) is 4.99 Å². The third-order valence-electron chi connectivity index (χ3n) is 4.10. The van der Waals surface area contributed by atoms with Crippen LogP contribution in [0.2, 0.25) is 0 Å². The molecule has 0 amide bonds. The maximum atomic E-state index is 12.3. The van der Waals surface area contributed by atoms with Crippen molar-refractivity contribution in [3.8, 4) is 22.8 Å². The lowest BCUT2D eigenvalue weighted by Crippen LogP contribution is -2.08. The third kappa shape index (κ3) is 4.39. The van der Waals surface area contributed by atoms with Crippen LogP contribution in [0.1, 0.15) is 16.1 Å². The van der Waals surface area contributed by atoms with Gasteiger partial charge in [0.15, 0.2) is 11.5 Å². The van der Waals surface area contributed by atoms with Gasteiger partial charge < -0.3 is 14.4 Å².